The number of pyridine rings is 1. The highest BCUT2D eigenvalue weighted by Crippen LogP contribution is 2.26. The number of fused-ring (bicyclic) bond motifs is 2. The maximum atomic E-state index is 11.2. The van der Waals surface area contributed by atoms with Crippen LogP contribution in [0.5, 0.6) is 0 Å². The summed E-state index contributed by atoms with van der Waals surface area (Å²) < 4.78 is 0. The van der Waals surface area contributed by atoms with Crippen LogP contribution in [0.3, 0.4) is 0 Å². The molecule has 22 nitrogen and oxygen atoms in total. The molecule has 0 unspecified atom stereocenters. The van der Waals surface area contributed by atoms with Crippen molar-refractivity contribution in [3.8, 4) is 0 Å². The first-order valence-electron chi connectivity index (χ1n) is 25.8. The Morgan fingerprint density at radius 2 is 1.01 bits per heavy atom. The molecular weight excluding hydrogens is 1010 g/mol. The fourth-order valence-corrected chi connectivity index (χ4v) is 6.34. The van der Waals surface area contributed by atoms with Crippen LogP contribution in [0.25, 0.3) is 22.3 Å². The van der Waals surface area contributed by atoms with Crippen LogP contribution < -0.4 is 39.1 Å². The Morgan fingerprint density at radius 3 is 1.49 bits per heavy atom. The topological polar surface area (TPSA) is 316 Å². The smallest absolute Gasteiger partial charge is 0.278 e. The molecular formula is C58H97N19O3. The van der Waals surface area contributed by atoms with Crippen molar-refractivity contribution in [3.63, 3.8) is 0 Å². The number of rotatable bonds is 0. The van der Waals surface area contributed by atoms with Crippen LogP contribution in [0.4, 0.5) is 11.6 Å². The van der Waals surface area contributed by atoms with Gasteiger partial charge in [-0.1, -0.05) is 75.3 Å². The minimum absolute atomic E-state index is 0. The lowest BCUT2D eigenvalue weighted by Crippen LogP contribution is -2.46. The summed E-state index contributed by atoms with van der Waals surface area (Å²) in [5, 5.41) is 5.35. The van der Waals surface area contributed by atoms with Gasteiger partial charge in [0.15, 0.2) is 16.8 Å². The number of nitrogens with one attached hydrogen (secondary N) is 5. The third-order valence-electron chi connectivity index (χ3n) is 9.91. The largest absolute Gasteiger partial charge is 0.397 e. The number of aliphatic imine (C=N–C) groups is 2. The average molecular weight is 1110 g/mol. The van der Waals surface area contributed by atoms with Gasteiger partial charge in [-0.2, -0.15) is 4.98 Å². The van der Waals surface area contributed by atoms with Gasteiger partial charge in [0.05, 0.1) is 18.3 Å². The second-order valence-electron chi connectivity index (χ2n) is 23.6. The van der Waals surface area contributed by atoms with E-state index in [9.17, 15) is 14.4 Å². The molecule has 0 fully saturated rings. The molecule has 0 saturated carbocycles. The van der Waals surface area contributed by atoms with E-state index in [-0.39, 0.29) is 52.9 Å². The zero-order chi connectivity index (χ0) is 61.1. The number of hydrogen-bond acceptors (Lipinski definition) is 17. The maximum Gasteiger partial charge on any atom is 0.278 e. The third kappa shape index (κ3) is 24.5. The first-order valence-corrected chi connectivity index (χ1v) is 25.8. The number of carbonyl (C=O) groups is 2. The van der Waals surface area contributed by atoms with Crippen LogP contribution in [-0.2, 0) is 9.59 Å². The van der Waals surface area contributed by atoms with Crippen LogP contribution in [0, 0.1) is 11.8 Å². The first kappa shape index (κ1) is 71.6. The summed E-state index contributed by atoms with van der Waals surface area (Å²) in [6.45, 7) is 57.0. The van der Waals surface area contributed by atoms with E-state index in [0.717, 1.165) is 22.9 Å². The average Bonchev–Trinajstić information content (AvgIpc) is 3.97. The number of anilines is 2. The van der Waals surface area contributed by atoms with Gasteiger partial charge < -0.3 is 63.1 Å². The number of amidine groups is 2. The molecule has 0 saturated heterocycles. The van der Waals surface area contributed by atoms with E-state index in [1.54, 1.807) is 37.8 Å². The maximum absolute atomic E-state index is 11.2. The highest BCUT2D eigenvalue weighted by atomic mass is 16.2. The minimum atomic E-state index is -0.301. The van der Waals surface area contributed by atoms with Crippen molar-refractivity contribution < 1.29 is 9.59 Å². The highest BCUT2D eigenvalue weighted by molar-refractivity contribution is 5.97. The molecule has 8 heterocycles. The predicted octanol–water partition coefficient (Wildman–Crippen LogP) is 9.80. The first-order chi connectivity index (χ1) is 36.1. The van der Waals surface area contributed by atoms with Crippen LogP contribution in [0.1, 0.15) is 146 Å². The fourth-order valence-electron chi connectivity index (χ4n) is 6.34. The van der Waals surface area contributed by atoms with Crippen molar-refractivity contribution in [2.75, 3.05) is 11.5 Å². The fraction of sp³-hybridized carbons (Fsp3) is 0.466. The Balaban J connectivity index is 0.000000909. The van der Waals surface area contributed by atoms with Crippen molar-refractivity contribution in [1.29, 1.82) is 0 Å². The summed E-state index contributed by atoms with van der Waals surface area (Å²) in [6, 6.07) is 1.74. The van der Waals surface area contributed by atoms with E-state index in [4.69, 9.17) is 22.9 Å². The second kappa shape index (κ2) is 30.6. The number of carbonyl (C=O) groups excluding carboxylic acids is 2. The number of aromatic nitrogens is 7. The summed E-state index contributed by atoms with van der Waals surface area (Å²) in [4.78, 5) is 72.6. The molecule has 2 amide bonds. The second-order valence-corrected chi connectivity index (χ2v) is 23.6. The Morgan fingerprint density at radius 1 is 0.562 bits per heavy atom. The zero-order valence-corrected chi connectivity index (χ0v) is 50.8. The number of nitrogen functional groups attached to an aromatic ring is 2. The molecule has 4 aromatic heterocycles. The minimum Gasteiger partial charge on any atom is -0.397 e. The normalized spacial score (nSPS) is 15.1. The van der Waals surface area contributed by atoms with Gasteiger partial charge in [-0.05, 0) is 121 Å². The molecule has 0 bridgehead atoms. The van der Waals surface area contributed by atoms with Gasteiger partial charge in [0.1, 0.15) is 40.5 Å². The van der Waals surface area contributed by atoms with Crippen LogP contribution in [0.2, 0.25) is 0 Å². The third-order valence-corrected chi connectivity index (χ3v) is 9.91. The van der Waals surface area contributed by atoms with E-state index in [2.05, 4.69) is 206 Å². The van der Waals surface area contributed by atoms with Crippen LogP contribution >= 0.6 is 0 Å². The van der Waals surface area contributed by atoms with Crippen molar-refractivity contribution in [2.24, 2.45) is 33.3 Å². The lowest BCUT2D eigenvalue weighted by atomic mass is 10.1. The van der Waals surface area contributed by atoms with E-state index < -0.39 is 0 Å². The lowest BCUT2D eigenvalue weighted by molar-refractivity contribution is -0.118. The van der Waals surface area contributed by atoms with Gasteiger partial charge in [-0.15, -0.1) is 0 Å². The molecule has 8 rings (SSSR count). The molecule has 4 aliphatic heterocycles. The summed E-state index contributed by atoms with van der Waals surface area (Å²) in [5.74, 6) is 5.32. The van der Waals surface area contributed by atoms with Gasteiger partial charge >= 0.3 is 0 Å². The Labute approximate surface area is 476 Å². The molecule has 13 N–H and O–H groups in total. The summed E-state index contributed by atoms with van der Waals surface area (Å²) in [6.07, 6.45) is 15.4. The molecule has 0 aromatic carbocycles. The van der Waals surface area contributed by atoms with Gasteiger partial charge in [-0.25, -0.2) is 24.9 Å². The number of H-pyrrole nitrogens is 3. The Hall–Kier alpha value is -8.43. The quantitative estimate of drug-likeness (QED) is 0.0791. The van der Waals surface area contributed by atoms with Gasteiger partial charge in [0, 0.05) is 70.4 Å². The molecule has 0 aliphatic carbocycles. The summed E-state index contributed by atoms with van der Waals surface area (Å²) >= 11 is 0. The number of hydrogen-bond donors (Lipinski definition) is 9. The molecule has 4 aliphatic rings. The van der Waals surface area contributed by atoms with Crippen LogP contribution in [0.15, 0.2) is 137 Å². The molecule has 0 atom stereocenters. The number of amides is 2. The van der Waals surface area contributed by atoms with Crippen molar-refractivity contribution in [2.45, 2.75) is 168 Å². The number of aromatic amines is 3. The van der Waals surface area contributed by atoms with Gasteiger partial charge in [0.25, 0.3) is 17.4 Å². The molecule has 4 aromatic rings. The summed E-state index contributed by atoms with van der Waals surface area (Å²) in [7, 11) is 0. The summed E-state index contributed by atoms with van der Waals surface area (Å²) in [5.41, 5.74) is 26.2. The van der Waals surface area contributed by atoms with Crippen molar-refractivity contribution in [3.05, 3.63) is 133 Å². The molecule has 80 heavy (non-hydrogen) atoms. The van der Waals surface area contributed by atoms with Gasteiger partial charge in [-0.3, -0.25) is 19.4 Å². The van der Waals surface area contributed by atoms with E-state index >= 15 is 0 Å². The lowest BCUT2D eigenvalue weighted by Gasteiger charge is -2.38. The molecule has 0 spiro atoms. The Kier molecular flexibility index (Phi) is 27.4. The SMILES string of the molecule is C.C=C1N=C(N)C(C)=CN1C(C)(C)C.C=C1N=C(N)C=CN1C(C)(C)C.C=C1NC(=O)C(C)=CN1C(C)(C)C.C=C1NC(=O)C=CN1C(C)(C)C.CC(C)C.CC(C)C.Nc1ccnc2nc[nH]c12.Nc1nc2nc[nH]c2c(=O)[nH]1. The van der Waals surface area contributed by atoms with Crippen molar-refractivity contribution >= 4 is 57.4 Å². The van der Waals surface area contributed by atoms with Crippen LogP contribution in [-0.4, -0.2) is 100 Å². The number of nitrogens with two attached hydrogens (primary N) is 4. The van der Waals surface area contributed by atoms with Gasteiger partial charge in [0.2, 0.25) is 5.95 Å². The van der Waals surface area contributed by atoms with E-state index in [0.29, 0.717) is 63.0 Å². The number of imidazole rings is 2. The molecule has 0 radical (unpaired) electrons. The number of nitrogens with zero attached hydrogens (tertiary/aromatic N) is 10. The van der Waals surface area contributed by atoms with E-state index in [1.165, 1.54) is 12.4 Å². The Bertz CT molecular complexity index is 2970. The standard InChI is InChI=1S/C10H17N3.C10H16N2O.C9H15N3.C9H14N2O.C6H6N4.C5H5N5O.2C4H10.CH4/c1-7-6-13(10(3,4)5)8(2)12-9(7)11;1-7-6-12(10(3,4)5)8(2)11-9(7)13;1-7-11-8(10)5-6-12(7)9(2,3)4;1-7-10-8(12)5-6-11(7)9(2,3)4;7-4-1-2-8-6-5(4)9-3-10-6;6-5-9-3-2(4(11)10-5)7-1-8-3;2*1-4(2)3;/h6H,2H2,1,3-5H3,(H2,11,12);6H,2H2,1,3-5H3,(H,11,13);5-6H,1H2,2-4H3,(H2,10,11);5-6H,1H2,2-4H3,(H,10,12);1-3H,(H3,7,8,9,10);1H,(H4,6,7,8,9,10,11);2*4H,1-3H3;1H4. The molecule has 442 valence electrons. The monoisotopic (exact) mass is 1110 g/mol. The van der Waals surface area contributed by atoms with E-state index in [1.807, 2.05) is 45.1 Å². The highest BCUT2D eigenvalue weighted by Gasteiger charge is 2.27. The zero-order valence-electron chi connectivity index (χ0n) is 50.8. The molecule has 22 heteroatoms. The van der Waals surface area contributed by atoms with Crippen molar-refractivity contribution in [1.82, 2.24) is 65.1 Å². The predicted molar refractivity (Wildman–Crippen MR) is 333 cm³/mol.